The number of hydrogen-bond acceptors (Lipinski definition) is 3. The van der Waals surface area contributed by atoms with Gasteiger partial charge in [0.2, 0.25) is 0 Å². The Morgan fingerprint density at radius 2 is 1.58 bits per heavy atom. The second-order valence-electron chi connectivity index (χ2n) is 4.92. The number of para-hydroxylation sites is 2. The first-order valence-corrected chi connectivity index (χ1v) is 8.46. The molecule has 0 radical (unpaired) electrons. The quantitative estimate of drug-likeness (QED) is 0.400. The van der Waals surface area contributed by atoms with Crippen molar-refractivity contribution in [1.82, 2.24) is 0 Å². The summed E-state index contributed by atoms with van der Waals surface area (Å²) in [6.07, 6.45) is 1.68. The Morgan fingerprint density at radius 3 is 2.29 bits per heavy atom. The zero-order valence-corrected chi connectivity index (χ0v) is 15.0. The first kappa shape index (κ1) is 16.6. The second kappa shape index (κ2) is 7.99. The van der Waals surface area contributed by atoms with Gasteiger partial charge in [0, 0.05) is 4.47 Å². The van der Waals surface area contributed by atoms with Crippen LogP contribution in [0.3, 0.4) is 0 Å². The fourth-order valence-electron chi connectivity index (χ4n) is 2.06. The highest BCUT2D eigenvalue weighted by atomic mass is 79.9. The van der Waals surface area contributed by atoms with Crippen LogP contribution >= 0.6 is 27.5 Å². The molecule has 0 fully saturated rings. The average Bonchev–Trinajstić information content (AvgIpc) is 2.62. The molecule has 0 aromatic heterocycles. The van der Waals surface area contributed by atoms with E-state index in [2.05, 4.69) is 26.5 Å². The third-order valence-electron chi connectivity index (χ3n) is 3.22. The first-order valence-electron chi connectivity index (χ1n) is 7.29. The van der Waals surface area contributed by atoms with E-state index in [1.54, 1.807) is 12.3 Å². The van der Waals surface area contributed by atoms with Crippen LogP contribution in [-0.4, -0.2) is 6.21 Å². The van der Waals surface area contributed by atoms with Crippen LogP contribution in [0.1, 0.15) is 5.56 Å². The zero-order valence-electron chi connectivity index (χ0n) is 12.6. The maximum atomic E-state index is 6.32. The van der Waals surface area contributed by atoms with Crippen LogP contribution in [0.5, 0.6) is 11.5 Å². The highest BCUT2D eigenvalue weighted by Crippen LogP contribution is 2.36. The van der Waals surface area contributed by atoms with Crippen molar-refractivity contribution in [2.75, 3.05) is 5.43 Å². The minimum atomic E-state index is 0.517. The molecule has 0 spiro atoms. The Labute approximate surface area is 154 Å². The highest BCUT2D eigenvalue weighted by Gasteiger charge is 2.12. The second-order valence-corrected chi connectivity index (χ2v) is 6.18. The fraction of sp³-hybridized carbons (Fsp3) is 0. The van der Waals surface area contributed by atoms with Gasteiger partial charge in [-0.25, -0.2) is 0 Å². The molecule has 5 heteroatoms. The lowest BCUT2D eigenvalue weighted by molar-refractivity contribution is 0.482. The van der Waals surface area contributed by atoms with E-state index in [-0.39, 0.29) is 0 Å². The minimum absolute atomic E-state index is 0.517. The summed E-state index contributed by atoms with van der Waals surface area (Å²) >= 11 is 9.84. The number of hydrazone groups is 1. The lowest BCUT2D eigenvalue weighted by Gasteiger charge is -2.12. The van der Waals surface area contributed by atoms with Crippen molar-refractivity contribution in [2.24, 2.45) is 5.10 Å². The average molecular weight is 402 g/mol. The van der Waals surface area contributed by atoms with Gasteiger partial charge in [-0.3, -0.25) is 5.43 Å². The standard InChI is InChI=1S/C19H14BrClN2O/c20-17-11-12-18(21)19(24-15-9-5-2-6-10-15)16(17)13-22-23-14-7-3-1-4-8-14/h1-13,23H. The monoisotopic (exact) mass is 400 g/mol. The van der Waals surface area contributed by atoms with Crippen molar-refractivity contribution < 1.29 is 4.74 Å². The number of benzene rings is 3. The van der Waals surface area contributed by atoms with Gasteiger partial charge in [0.1, 0.15) is 5.75 Å². The van der Waals surface area contributed by atoms with Gasteiger partial charge in [0.15, 0.2) is 5.75 Å². The van der Waals surface area contributed by atoms with Crippen molar-refractivity contribution in [3.63, 3.8) is 0 Å². The molecule has 0 atom stereocenters. The highest BCUT2D eigenvalue weighted by molar-refractivity contribution is 9.10. The van der Waals surface area contributed by atoms with Crippen LogP contribution in [0.25, 0.3) is 0 Å². The van der Waals surface area contributed by atoms with E-state index < -0.39 is 0 Å². The molecule has 24 heavy (non-hydrogen) atoms. The molecular weight excluding hydrogens is 388 g/mol. The van der Waals surface area contributed by atoms with Crippen LogP contribution in [-0.2, 0) is 0 Å². The lowest BCUT2D eigenvalue weighted by Crippen LogP contribution is -1.96. The Morgan fingerprint density at radius 1 is 0.917 bits per heavy atom. The smallest absolute Gasteiger partial charge is 0.155 e. The molecule has 3 aromatic rings. The molecular formula is C19H14BrClN2O. The summed E-state index contributed by atoms with van der Waals surface area (Å²) < 4.78 is 6.79. The maximum Gasteiger partial charge on any atom is 0.155 e. The molecule has 120 valence electrons. The summed E-state index contributed by atoms with van der Waals surface area (Å²) in [5.41, 5.74) is 4.64. The molecule has 0 bridgehead atoms. The van der Waals surface area contributed by atoms with E-state index in [0.29, 0.717) is 16.5 Å². The van der Waals surface area contributed by atoms with Crippen molar-refractivity contribution >= 4 is 39.4 Å². The molecule has 3 rings (SSSR count). The van der Waals surface area contributed by atoms with Crippen LogP contribution in [0, 0.1) is 0 Å². The molecule has 0 amide bonds. The van der Waals surface area contributed by atoms with Crippen LogP contribution < -0.4 is 10.2 Å². The van der Waals surface area contributed by atoms with E-state index in [1.807, 2.05) is 66.7 Å². The van der Waals surface area contributed by atoms with Gasteiger partial charge in [0.25, 0.3) is 0 Å². The number of anilines is 1. The Hall–Kier alpha value is -2.30. The molecule has 0 saturated heterocycles. The third kappa shape index (κ3) is 4.16. The van der Waals surface area contributed by atoms with E-state index in [0.717, 1.165) is 15.7 Å². The first-order chi connectivity index (χ1) is 11.7. The molecule has 0 unspecified atom stereocenters. The molecule has 3 aromatic carbocycles. The van der Waals surface area contributed by atoms with Crippen molar-refractivity contribution in [2.45, 2.75) is 0 Å². The minimum Gasteiger partial charge on any atom is -0.455 e. The third-order valence-corrected chi connectivity index (χ3v) is 4.21. The van der Waals surface area contributed by atoms with Gasteiger partial charge in [-0.1, -0.05) is 48.0 Å². The van der Waals surface area contributed by atoms with E-state index in [1.165, 1.54) is 0 Å². The molecule has 0 heterocycles. The predicted octanol–water partition coefficient (Wildman–Crippen LogP) is 6.34. The predicted molar refractivity (Wildman–Crippen MR) is 103 cm³/mol. The van der Waals surface area contributed by atoms with E-state index in [4.69, 9.17) is 16.3 Å². The Bertz CT molecular complexity index is 839. The SMILES string of the molecule is Clc1ccc(Br)c(C=NNc2ccccc2)c1Oc1ccccc1. The number of halogens is 2. The summed E-state index contributed by atoms with van der Waals surface area (Å²) in [7, 11) is 0. The van der Waals surface area contributed by atoms with E-state index >= 15 is 0 Å². The van der Waals surface area contributed by atoms with Crippen molar-refractivity contribution in [3.05, 3.63) is 87.9 Å². The Kier molecular flexibility index (Phi) is 5.51. The van der Waals surface area contributed by atoms with Gasteiger partial charge >= 0.3 is 0 Å². The van der Waals surface area contributed by atoms with Crippen LogP contribution in [0.2, 0.25) is 5.02 Å². The summed E-state index contributed by atoms with van der Waals surface area (Å²) in [6.45, 7) is 0. The van der Waals surface area contributed by atoms with E-state index in [9.17, 15) is 0 Å². The van der Waals surface area contributed by atoms with Gasteiger partial charge in [-0.15, -0.1) is 0 Å². The zero-order chi connectivity index (χ0) is 16.8. The maximum absolute atomic E-state index is 6.32. The topological polar surface area (TPSA) is 33.6 Å². The van der Waals surface area contributed by atoms with Crippen LogP contribution in [0.4, 0.5) is 5.69 Å². The van der Waals surface area contributed by atoms with Crippen LogP contribution in [0.15, 0.2) is 82.4 Å². The molecule has 0 aliphatic rings. The largest absolute Gasteiger partial charge is 0.455 e. The molecule has 3 nitrogen and oxygen atoms in total. The number of rotatable bonds is 5. The lowest BCUT2D eigenvalue weighted by atomic mass is 10.2. The molecule has 0 aliphatic carbocycles. The summed E-state index contributed by atoms with van der Waals surface area (Å²) in [4.78, 5) is 0. The van der Waals surface area contributed by atoms with Gasteiger partial charge in [-0.05, 0) is 52.3 Å². The molecule has 0 saturated carbocycles. The van der Waals surface area contributed by atoms with Crippen molar-refractivity contribution in [3.8, 4) is 11.5 Å². The number of hydrogen-bond donors (Lipinski definition) is 1. The van der Waals surface area contributed by atoms with Gasteiger partial charge in [-0.2, -0.15) is 5.10 Å². The van der Waals surface area contributed by atoms with Crippen molar-refractivity contribution in [1.29, 1.82) is 0 Å². The fourth-order valence-corrected chi connectivity index (χ4v) is 2.68. The van der Waals surface area contributed by atoms with Gasteiger partial charge in [0.05, 0.1) is 22.5 Å². The van der Waals surface area contributed by atoms with Gasteiger partial charge < -0.3 is 4.74 Å². The molecule has 0 aliphatic heterocycles. The molecule has 1 N–H and O–H groups in total. The number of nitrogens with zero attached hydrogens (tertiary/aromatic N) is 1. The normalized spacial score (nSPS) is 10.8. The summed E-state index contributed by atoms with van der Waals surface area (Å²) in [6, 6.07) is 22.9. The summed E-state index contributed by atoms with van der Waals surface area (Å²) in [5.74, 6) is 1.26. The number of nitrogens with one attached hydrogen (secondary N) is 1. The number of ether oxygens (including phenoxy) is 1. The summed E-state index contributed by atoms with van der Waals surface area (Å²) in [5, 5.41) is 4.79. The Balaban J connectivity index is 1.87.